The fraction of sp³-hybridized carbons (Fsp3) is 0.952. The first kappa shape index (κ1) is 19.8. The van der Waals surface area contributed by atoms with Gasteiger partial charge >= 0.3 is 0 Å². The van der Waals surface area contributed by atoms with Crippen molar-refractivity contribution in [3.05, 3.63) is 0 Å². The van der Waals surface area contributed by atoms with Crippen molar-refractivity contribution in [3.8, 4) is 0 Å². The molecule has 0 saturated carbocycles. The number of piperidine rings is 2. The molecule has 140 valence electrons. The first-order valence-corrected chi connectivity index (χ1v) is 10.3. The smallest absolute Gasteiger partial charge is 0.225 e. The molecule has 0 bridgehead atoms. The third-order valence-electron chi connectivity index (χ3n) is 6.83. The second-order valence-electron chi connectivity index (χ2n) is 9.04. The minimum Gasteiger partial charge on any atom is -0.342 e. The van der Waals surface area contributed by atoms with Gasteiger partial charge in [0.2, 0.25) is 5.91 Å². The van der Waals surface area contributed by atoms with Crippen LogP contribution in [0.1, 0.15) is 60.8 Å². The normalized spacial score (nSPS) is 29.2. The van der Waals surface area contributed by atoms with Crippen LogP contribution in [0.2, 0.25) is 0 Å². The predicted octanol–water partition coefficient (Wildman–Crippen LogP) is 4.13. The Hall–Kier alpha value is -0.570. The van der Waals surface area contributed by atoms with Gasteiger partial charge in [-0.2, -0.15) is 0 Å². The number of hydrogen-bond acceptors (Lipinski definition) is 2. The van der Waals surface area contributed by atoms with Crippen LogP contribution in [0.4, 0.5) is 0 Å². The maximum absolute atomic E-state index is 12.3. The van der Waals surface area contributed by atoms with Crippen molar-refractivity contribution >= 4 is 5.91 Å². The van der Waals surface area contributed by atoms with Gasteiger partial charge in [0.25, 0.3) is 0 Å². The molecular formula is C21H40N2O. The largest absolute Gasteiger partial charge is 0.342 e. The van der Waals surface area contributed by atoms with Crippen molar-refractivity contribution in [2.45, 2.75) is 60.8 Å². The fourth-order valence-corrected chi connectivity index (χ4v) is 4.84. The number of nitrogens with zero attached hydrogens (tertiary/aromatic N) is 2. The zero-order valence-electron chi connectivity index (χ0n) is 16.9. The molecule has 1 amide bonds. The van der Waals surface area contributed by atoms with Crippen LogP contribution in [0.25, 0.3) is 0 Å². The molecule has 24 heavy (non-hydrogen) atoms. The van der Waals surface area contributed by atoms with E-state index in [1.165, 1.54) is 38.9 Å². The van der Waals surface area contributed by atoms with Gasteiger partial charge < -0.3 is 9.80 Å². The molecule has 3 nitrogen and oxygen atoms in total. The van der Waals surface area contributed by atoms with Gasteiger partial charge in [0.05, 0.1) is 0 Å². The van der Waals surface area contributed by atoms with Crippen LogP contribution in [0.15, 0.2) is 0 Å². The first-order chi connectivity index (χ1) is 11.3. The molecule has 2 aliphatic heterocycles. The summed E-state index contributed by atoms with van der Waals surface area (Å²) in [5.74, 6) is 4.25. The Kier molecular flexibility index (Phi) is 7.15. The Morgan fingerprint density at radius 1 is 1.04 bits per heavy atom. The van der Waals surface area contributed by atoms with E-state index < -0.39 is 0 Å². The number of hydrogen-bond donors (Lipinski definition) is 0. The second kappa shape index (κ2) is 8.69. The Morgan fingerprint density at radius 3 is 2.04 bits per heavy atom. The van der Waals surface area contributed by atoms with Gasteiger partial charge in [-0.1, -0.05) is 48.0 Å². The van der Waals surface area contributed by atoms with Gasteiger partial charge in [0.1, 0.15) is 0 Å². The summed E-state index contributed by atoms with van der Waals surface area (Å²) in [5.41, 5.74) is 0. The number of likely N-dealkylation sites (tertiary alicyclic amines) is 2. The van der Waals surface area contributed by atoms with Gasteiger partial charge in [-0.15, -0.1) is 0 Å². The maximum Gasteiger partial charge on any atom is 0.225 e. The van der Waals surface area contributed by atoms with Crippen LogP contribution in [0.3, 0.4) is 0 Å². The summed E-state index contributed by atoms with van der Waals surface area (Å²) in [5, 5.41) is 0. The molecule has 3 heteroatoms. The Bertz CT molecular complexity index is 389. The zero-order chi connectivity index (χ0) is 17.9. The van der Waals surface area contributed by atoms with Crippen molar-refractivity contribution in [2.24, 2.45) is 35.5 Å². The van der Waals surface area contributed by atoms with Crippen molar-refractivity contribution in [2.75, 3.05) is 32.7 Å². The van der Waals surface area contributed by atoms with Gasteiger partial charge in [0, 0.05) is 25.6 Å². The highest BCUT2D eigenvalue weighted by atomic mass is 16.2. The summed E-state index contributed by atoms with van der Waals surface area (Å²) in [4.78, 5) is 17.2. The lowest BCUT2D eigenvalue weighted by atomic mass is 9.78. The number of carbonyl (C=O) groups excluding carboxylic acids is 1. The highest BCUT2D eigenvalue weighted by Crippen LogP contribution is 2.32. The van der Waals surface area contributed by atoms with Crippen LogP contribution in [0.5, 0.6) is 0 Å². The summed E-state index contributed by atoms with van der Waals surface area (Å²) < 4.78 is 0. The first-order valence-electron chi connectivity index (χ1n) is 10.3. The van der Waals surface area contributed by atoms with Crippen LogP contribution >= 0.6 is 0 Å². The number of amides is 1. The average molecular weight is 337 g/mol. The van der Waals surface area contributed by atoms with Crippen molar-refractivity contribution in [1.29, 1.82) is 0 Å². The fourth-order valence-electron chi connectivity index (χ4n) is 4.84. The molecular weight excluding hydrogens is 296 g/mol. The lowest BCUT2D eigenvalue weighted by Crippen LogP contribution is -2.52. The van der Waals surface area contributed by atoms with E-state index in [4.69, 9.17) is 0 Å². The summed E-state index contributed by atoms with van der Waals surface area (Å²) >= 11 is 0. The minimum absolute atomic E-state index is 0.125. The highest BCUT2D eigenvalue weighted by molar-refractivity contribution is 5.78. The van der Waals surface area contributed by atoms with Crippen molar-refractivity contribution < 1.29 is 4.79 Å². The number of rotatable bonds is 5. The third kappa shape index (κ3) is 4.74. The van der Waals surface area contributed by atoms with E-state index in [0.29, 0.717) is 17.7 Å². The predicted molar refractivity (Wildman–Crippen MR) is 102 cm³/mol. The lowest BCUT2D eigenvalue weighted by Gasteiger charge is -2.45. The van der Waals surface area contributed by atoms with Crippen molar-refractivity contribution in [3.63, 3.8) is 0 Å². The standard InChI is InChI=1S/C21H40N2O/c1-7-16(4)19-8-10-22(11-9-19)14-20-17(5)12-23(13-18(20)6)21(24)15(2)3/h15-20H,7-14H2,1-6H3/t16?,17-,18-/m1/s1. The molecule has 0 spiro atoms. The van der Waals surface area contributed by atoms with Gasteiger partial charge in [-0.25, -0.2) is 0 Å². The highest BCUT2D eigenvalue weighted by Gasteiger charge is 2.36. The molecule has 1 unspecified atom stereocenters. The zero-order valence-corrected chi connectivity index (χ0v) is 16.9. The van der Waals surface area contributed by atoms with Crippen LogP contribution in [-0.4, -0.2) is 48.4 Å². The molecule has 0 aromatic heterocycles. The van der Waals surface area contributed by atoms with E-state index in [2.05, 4.69) is 37.5 Å². The quantitative estimate of drug-likeness (QED) is 0.753. The summed E-state index contributed by atoms with van der Waals surface area (Å²) in [6.07, 6.45) is 4.08. The molecule has 0 N–H and O–H groups in total. The molecule has 0 radical (unpaired) electrons. The molecule has 3 atom stereocenters. The Morgan fingerprint density at radius 2 is 1.58 bits per heavy atom. The average Bonchev–Trinajstić information content (AvgIpc) is 2.57. The monoisotopic (exact) mass is 336 g/mol. The minimum atomic E-state index is 0.125. The maximum atomic E-state index is 12.3. The second-order valence-corrected chi connectivity index (χ2v) is 9.04. The van der Waals surface area contributed by atoms with Gasteiger partial charge in [-0.05, 0) is 55.5 Å². The summed E-state index contributed by atoms with van der Waals surface area (Å²) in [6.45, 7) is 19.2. The van der Waals surface area contributed by atoms with E-state index in [-0.39, 0.29) is 5.92 Å². The Labute approximate surface area is 150 Å². The number of carbonyl (C=O) groups is 1. The van der Waals surface area contributed by atoms with Crippen LogP contribution in [-0.2, 0) is 4.79 Å². The van der Waals surface area contributed by atoms with E-state index in [9.17, 15) is 4.79 Å². The molecule has 2 heterocycles. The van der Waals surface area contributed by atoms with E-state index >= 15 is 0 Å². The van der Waals surface area contributed by atoms with Crippen molar-refractivity contribution in [1.82, 2.24) is 9.80 Å². The van der Waals surface area contributed by atoms with E-state index in [1.54, 1.807) is 0 Å². The topological polar surface area (TPSA) is 23.6 Å². The lowest BCUT2D eigenvalue weighted by molar-refractivity contribution is -0.138. The molecule has 0 aliphatic carbocycles. The SMILES string of the molecule is CCC(C)C1CCN(CC2[C@H](C)CN(C(=O)C(C)C)C[C@H]2C)CC1. The van der Waals surface area contributed by atoms with Gasteiger partial charge in [-0.3, -0.25) is 4.79 Å². The van der Waals surface area contributed by atoms with E-state index in [1.807, 2.05) is 13.8 Å². The molecule has 2 fully saturated rings. The van der Waals surface area contributed by atoms with Crippen LogP contribution in [0, 0.1) is 35.5 Å². The third-order valence-corrected chi connectivity index (χ3v) is 6.83. The van der Waals surface area contributed by atoms with Crippen LogP contribution < -0.4 is 0 Å². The molecule has 2 saturated heterocycles. The molecule has 0 aromatic carbocycles. The summed E-state index contributed by atoms with van der Waals surface area (Å²) in [6, 6.07) is 0. The summed E-state index contributed by atoms with van der Waals surface area (Å²) in [7, 11) is 0. The molecule has 2 rings (SSSR count). The molecule has 0 aromatic rings. The Balaban J connectivity index is 1.84. The van der Waals surface area contributed by atoms with E-state index in [0.717, 1.165) is 30.8 Å². The van der Waals surface area contributed by atoms with Gasteiger partial charge in [0.15, 0.2) is 0 Å². The molecule has 2 aliphatic rings.